The molecule has 0 N–H and O–H groups in total. The van der Waals surface area contributed by atoms with Gasteiger partial charge in [0, 0.05) is 188 Å². The van der Waals surface area contributed by atoms with Crippen molar-refractivity contribution in [1.82, 2.24) is 88.2 Å². The predicted octanol–water partition coefficient (Wildman–Crippen LogP) is 13.8. The van der Waals surface area contributed by atoms with Gasteiger partial charge in [-0.2, -0.15) is 0 Å². The fraction of sp³-hybridized carbons (Fsp3) is 1.00. The molecule has 13 rings (SSSR count). The third-order valence-electron chi connectivity index (χ3n) is 30.3. The zero-order chi connectivity index (χ0) is 83.1. The van der Waals surface area contributed by atoms with Gasteiger partial charge in [-0.15, -0.1) is 0 Å². The Labute approximate surface area is 706 Å². The van der Waals surface area contributed by atoms with Gasteiger partial charge in [0.15, 0.2) is 0 Å². The Balaban J connectivity index is 0.000000228. The van der Waals surface area contributed by atoms with Gasteiger partial charge in [-0.05, 0) is 335 Å². The molecule has 0 amide bonds. The minimum absolute atomic E-state index is 0.722. The van der Waals surface area contributed by atoms with Gasteiger partial charge in [-0.1, -0.05) is 98.8 Å². The summed E-state index contributed by atoms with van der Waals surface area (Å²) in [5.74, 6) is 0. The third-order valence-corrected chi connectivity index (χ3v) is 30.3. The molecule has 9 aliphatic heterocycles. The second-order valence-electron chi connectivity index (χ2n) is 40.2. The van der Waals surface area contributed by atoms with Gasteiger partial charge in [0.2, 0.25) is 0 Å². The summed E-state index contributed by atoms with van der Waals surface area (Å²) < 4.78 is 0. The molecule has 13 fully saturated rings. The smallest absolute Gasteiger partial charge is 0.0229 e. The molecular weight excluding hydrogens is 1390 g/mol. The average Bonchev–Trinajstić information content (AvgIpc) is 1.32. The van der Waals surface area contributed by atoms with Crippen molar-refractivity contribution in [2.45, 2.75) is 364 Å². The highest BCUT2D eigenvalue weighted by molar-refractivity contribution is 4.92. The maximum absolute atomic E-state index is 2.77. The number of hydrogen-bond donors (Lipinski definition) is 0. The first kappa shape index (κ1) is 103. The first-order valence-electron chi connectivity index (χ1n) is 48.6. The monoisotopic (exact) mass is 1590 g/mol. The van der Waals surface area contributed by atoms with E-state index < -0.39 is 0 Å². The molecule has 0 spiro atoms. The Bertz CT molecular complexity index is 2240. The predicted molar refractivity (Wildman–Crippen MR) is 495 cm³/mol. The molecule has 0 aromatic heterocycles. The molecule has 9 saturated heterocycles. The number of likely N-dealkylation sites (tertiary alicyclic amines) is 9. The van der Waals surface area contributed by atoms with Gasteiger partial charge in [0.25, 0.3) is 0 Å². The summed E-state index contributed by atoms with van der Waals surface area (Å²) in [6, 6.07) is 13.3. The quantitative estimate of drug-likeness (QED) is 0.109. The molecule has 4 aliphatic carbocycles. The maximum Gasteiger partial charge on any atom is 0.0229 e. The van der Waals surface area contributed by atoms with Crippen molar-refractivity contribution in [2.75, 3.05) is 258 Å². The Hall–Kier alpha value is -0.720. The summed E-state index contributed by atoms with van der Waals surface area (Å²) in [4.78, 5) is 45.1. The molecule has 4 saturated carbocycles. The van der Waals surface area contributed by atoms with Gasteiger partial charge in [-0.3, -0.25) is 34.3 Å². The van der Waals surface area contributed by atoms with E-state index in [1.165, 1.54) is 343 Å². The van der Waals surface area contributed by atoms with E-state index in [4.69, 9.17) is 0 Å². The second kappa shape index (κ2) is 56.9. The minimum Gasteiger partial charge on any atom is -0.305 e. The fourth-order valence-electron chi connectivity index (χ4n) is 21.0. The zero-order valence-electron chi connectivity index (χ0n) is 80.8. The van der Waals surface area contributed by atoms with Crippen molar-refractivity contribution in [2.24, 2.45) is 0 Å². The molecular formula is C95H200N18. The SMILES string of the molecule is CC(C)N1CCC(N(C)C)C1.CCC(C)N1CCC(N(C)C)C1.CCC(CC)N1CCC(N(C)C)C1.CCN1CCC(N(C)C)C1.CCN1CCCC(N(C)C)C1.CN(C)C1CCCN(C2CCCC2)C1.CN(C)C1CCCN(C2CCCCC2)C1.CN(C)C1CCN(C2CCCC2)C1.CN(C)C1CCN(C2CCCCC2)C1. The van der Waals surface area contributed by atoms with E-state index in [2.05, 4.69) is 270 Å². The van der Waals surface area contributed by atoms with Crippen LogP contribution in [-0.4, -0.2) is 443 Å². The van der Waals surface area contributed by atoms with E-state index >= 15 is 0 Å². The van der Waals surface area contributed by atoms with Gasteiger partial charge >= 0.3 is 0 Å². The van der Waals surface area contributed by atoms with E-state index in [1.807, 2.05) is 0 Å². The Kier molecular flexibility index (Phi) is 51.7. The highest BCUT2D eigenvalue weighted by atomic mass is 15.3. The summed E-state index contributed by atoms with van der Waals surface area (Å²) in [6.07, 6.45) is 46.7. The summed E-state index contributed by atoms with van der Waals surface area (Å²) in [5, 5.41) is 0. The molecule has 113 heavy (non-hydrogen) atoms. The van der Waals surface area contributed by atoms with Crippen LogP contribution in [0.4, 0.5) is 0 Å². The molecule has 10 atom stereocenters. The first-order chi connectivity index (χ1) is 54.0. The van der Waals surface area contributed by atoms with Gasteiger partial charge in [-0.25, -0.2) is 0 Å². The van der Waals surface area contributed by atoms with E-state index in [-0.39, 0.29) is 0 Å². The average molecular weight is 1590 g/mol. The molecule has 0 radical (unpaired) electrons. The van der Waals surface area contributed by atoms with Crippen molar-refractivity contribution >= 4 is 0 Å². The van der Waals surface area contributed by atoms with Crippen LogP contribution in [-0.2, 0) is 0 Å². The van der Waals surface area contributed by atoms with Crippen LogP contribution in [0.5, 0.6) is 0 Å². The highest BCUT2D eigenvalue weighted by Crippen LogP contribution is 2.32. The van der Waals surface area contributed by atoms with Crippen LogP contribution in [0.25, 0.3) is 0 Å². The molecule has 0 aromatic rings. The summed E-state index contributed by atoms with van der Waals surface area (Å²) in [6.45, 7) is 44.1. The van der Waals surface area contributed by atoms with Crippen LogP contribution >= 0.6 is 0 Å². The van der Waals surface area contributed by atoms with Crippen molar-refractivity contribution in [3.8, 4) is 0 Å². The third kappa shape index (κ3) is 37.9. The topological polar surface area (TPSA) is 58.3 Å². The number of likely N-dealkylation sites (N-methyl/N-ethyl adjacent to an activating group) is 11. The number of rotatable bonds is 21. The molecule has 670 valence electrons. The number of nitrogens with zero attached hydrogens (tertiary/aromatic N) is 18. The van der Waals surface area contributed by atoms with Crippen LogP contribution in [0.2, 0.25) is 0 Å². The summed E-state index contributed by atoms with van der Waals surface area (Å²) >= 11 is 0. The lowest BCUT2D eigenvalue weighted by molar-refractivity contribution is 0.0786. The molecule has 18 nitrogen and oxygen atoms in total. The van der Waals surface area contributed by atoms with Crippen LogP contribution in [0.1, 0.15) is 267 Å². The number of piperidine rings is 3. The van der Waals surface area contributed by atoms with Crippen molar-refractivity contribution in [3.63, 3.8) is 0 Å². The number of hydrogen-bond acceptors (Lipinski definition) is 18. The first-order valence-corrected chi connectivity index (χ1v) is 48.6. The normalized spacial score (nSPS) is 29.3. The lowest BCUT2D eigenvalue weighted by atomic mass is 9.92. The minimum atomic E-state index is 0.722. The summed E-state index contributed by atoms with van der Waals surface area (Å²) in [5.41, 5.74) is 0. The maximum atomic E-state index is 2.77. The molecule has 18 heteroatoms. The molecule has 0 aromatic carbocycles. The zero-order valence-corrected chi connectivity index (χ0v) is 80.8. The van der Waals surface area contributed by atoms with Crippen LogP contribution < -0.4 is 0 Å². The van der Waals surface area contributed by atoms with Gasteiger partial charge < -0.3 is 53.9 Å². The molecule has 9 heterocycles. The second-order valence-corrected chi connectivity index (χ2v) is 40.2. The van der Waals surface area contributed by atoms with Crippen molar-refractivity contribution in [1.29, 1.82) is 0 Å². The lowest BCUT2D eigenvalue weighted by Crippen LogP contribution is -2.49. The van der Waals surface area contributed by atoms with Gasteiger partial charge in [0.05, 0.1) is 0 Å². The van der Waals surface area contributed by atoms with Gasteiger partial charge in [0.1, 0.15) is 0 Å². The van der Waals surface area contributed by atoms with Crippen molar-refractivity contribution in [3.05, 3.63) is 0 Å². The molecule has 0 bridgehead atoms. The van der Waals surface area contributed by atoms with Crippen LogP contribution in [0.3, 0.4) is 0 Å². The lowest BCUT2D eigenvalue weighted by Gasteiger charge is -2.41. The van der Waals surface area contributed by atoms with E-state index in [1.54, 1.807) is 0 Å². The Morgan fingerprint density at radius 3 is 0.752 bits per heavy atom. The Morgan fingerprint density at radius 2 is 0.469 bits per heavy atom. The largest absolute Gasteiger partial charge is 0.305 e. The Morgan fingerprint density at radius 1 is 0.221 bits per heavy atom. The van der Waals surface area contributed by atoms with Crippen molar-refractivity contribution < 1.29 is 0 Å². The van der Waals surface area contributed by atoms with E-state index in [9.17, 15) is 0 Å². The molecule has 10 unspecified atom stereocenters. The standard InChI is InChI=1S/C13H26N2.2C12H24N2.C11H22N2.C11H24N2.C10H22N2.2C9H20N2.C8H18N2/c1-14(2)13-9-6-10-15(11-13)12-7-4-3-5-8-12;1-13(2)12-8-5-9-14(10-12)11-6-3-4-7-11;1-13(2)12-8-9-14(10-12)11-6-4-3-5-7-11;1-12(2)11-7-8-13(9-11)10-5-3-4-6-10;1-5-10(6-2)13-8-7-11(9-13)12(3)4;1-5-9(2)12-7-6-10(8-12)11(3)4;1-8(2)11-6-5-9(7-11)10(3)4;1-4-11-7-5-6-9(8-11)10(2)3;1-4-10-6-5-8(7-10)9(2)3/h12-13H,3-11H2,1-2H3;2*11-12H,3-10H2,1-2H3;10-11H,3-9H2,1-2H3;10-11H,5-9H2,1-4H3;9-10H,5-8H2,1-4H3;8-9H,5-7H2,1-4H3;9H,4-8H2,1-3H3;8H,4-7H2,1-3H3. The van der Waals surface area contributed by atoms with Crippen LogP contribution in [0, 0.1) is 0 Å². The van der Waals surface area contributed by atoms with E-state index in [0.29, 0.717) is 0 Å². The summed E-state index contributed by atoms with van der Waals surface area (Å²) in [7, 11) is 39.6. The fourth-order valence-corrected chi connectivity index (χ4v) is 21.0. The van der Waals surface area contributed by atoms with Crippen LogP contribution in [0.15, 0.2) is 0 Å². The van der Waals surface area contributed by atoms with E-state index in [0.717, 1.165) is 96.7 Å². The highest BCUT2D eigenvalue weighted by Gasteiger charge is 2.35. The molecule has 13 aliphatic rings.